The van der Waals surface area contributed by atoms with Crippen LogP contribution in [0.3, 0.4) is 0 Å². The molecule has 21 heavy (non-hydrogen) atoms. The van der Waals surface area contributed by atoms with Gasteiger partial charge in [0.25, 0.3) is 10.0 Å². The predicted molar refractivity (Wildman–Crippen MR) is 86.1 cm³/mol. The van der Waals surface area contributed by atoms with Gasteiger partial charge in [-0.25, -0.2) is 8.42 Å². The molecule has 0 aromatic carbocycles. The lowest BCUT2D eigenvalue weighted by molar-refractivity contribution is 0.581. The van der Waals surface area contributed by atoms with Crippen LogP contribution in [0.5, 0.6) is 0 Å². The van der Waals surface area contributed by atoms with Crippen LogP contribution in [0.4, 0.5) is 5.69 Å². The first-order valence-corrected chi connectivity index (χ1v) is 9.00. The van der Waals surface area contributed by atoms with Crippen LogP contribution in [0, 0.1) is 6.92 Å². The summed E-state index contributed by atoms with van der Waals surface area (Å²) in [6.07, 6.45) is 1.52. The molecule has 0 saturated heterocycles. The average Bonchev–Trinajstić information content (AvgIpc) is 2.88. The molecule has 0 atom stereocenters. The summed E-state index contributed by atoms with van der Waals surface area (Å²) in [4.78, 5) is 5.21. The first kappa shape index (κ1) is 15.9. The van der Waals surface area contributed by atoms with Gasteiger partial charge in [-0.05, 0) is 30.5 Å². The van der Waals surface area contributed by atoms with Crippen LogP contribution >= 0.6 is 11.3 Å². The van der Waals surface area contributed by atoms with Crippen LogP contribution in [0.1, 0.15) is 24.4 Å². The second-order valence-electron chi connectivity index (χ2n) is 5.04. The number of thiophene rings is 1. The van der Waals surface area contributed by atoms with Gasteiger partial charge in [0, 0.05) is 23.2 Å². The molecule has 2 heterocycles. The van der Waals surface area contributed by atoms with Crippen LogP contribution in [0.15, 0.2) is 34.7 Å². The Morgan fingerprint density at radius 3 is 2.67 bits per heavy atom. The zero-order chi connectivity index (χ0) is 15.5. The monoisotopic (exact) mass is 325 g/mol. The minimum absolute atomic E-state index is 0.303. The van der Waals surface area contributed by atoms with E-state index < -0.39 is 10.0 Å². The molecule has 0 amide bonds. The molecule has 0 aliphatic carbocycles. The van der Waals surface area contributed by atoms with Gasteiger partial charge < -0.3 is 5.32 Å². The van der Waals surface area contributed by atoms with Crippen molar-refractivity contribution < 1.29 is 8.42 Å². The molecule has 0 fully saturated rings. The molecule has 114 valence electrons. The van der Waals surface area contributed by atoms with E-state index in [9.17, 15) is 8.42 Å². The van der Waals surface area contributed by atoms with Gasteiger partial charge in [-0.1, -0.05) is 13.8 Å². The molecule has 0 radical (unpaired) electrons. The third-order valence-corrected chi connectivity index (χ3v) is 5.34. The van der Waals surface area contributed by atoms with Gasteiger partial charge in [0.1, 0.15) is 4.90 Å². The van der Waals surface area contributed by atoms with E-state index in [1.807, 2.05) is 20.8 Å². The molecule has 2 aromatic rings. The first-order valence-electron chi connectivity index (χ1n) is 6.64. The second kappa shape index (κ2) is 6.55. The van der Waals surface area contributed by atoms with Crippen molar-refractivity contribution in [3.63, 3.8) is 0 Å². The summed E-state index contributed by atoms with van der Waals surface area (Å²) in [5, 5.41) is 5.03. The summed E-state index contributed by atoms with van der Waals surface area (Å²) in [6.45, 7) is 6.45. The summed E-state index contributed by atoms with van der Waals surface area (Å²) < 4.78 is 27.5. The highest BCUT2D eigenvalue weighted by molar-refractivity contribution is 7.93. The molecule has 2 rings (SSSR count). The molecule has 2 N–H and O–H groups in total. The topological polar surface area (TPSA) is 71.1 Å². The van der Waals surface area contributed by atoms with E-state index in [-0.39, 0.29) is 0 Å². The van der Waals surface area contributed by atoms with Crippen molar-refractivity contribution in [3.8, 4) is 0 Å². The molecule has 0 aliphatic rings. The molecule has 7 heteroatoms. The molecule has 0 saturated carbocycles. The number of rotatable bonds is 6. The van der Waals surface area contributed by atoms with Crippen LogP contribution in [0.2, 0.25) is 0 Å². The molecule has 0 unspecified atom stereocenters. The number of sulfonamides is 1. The van der Waals surface area contributed by atoms with Crippen LogP contribution in [-0.2, 0) is 16.6 Å². The molecule has 0 aliphatic heterocycles. The Morgan fingerprint density at radius 2 is 2.05 bits per heavy atom. The number of nitrogens with zero attached hydrogens (tertiary/aromatic N) is 1. The third kappa shape index (κ3) is 4.26. The summed E-state index contributed by atoms with van der Waals surface area (Å²) >= 11 is 1.43. The zero-order valence-corrected chi connectivity index (χ0v) is 13.9. The van der Waals surface area contributed by atoms with Crippen molar-refractivity contribution in [1.29, 1.82) is 0 Å². The van der Waals surface area contributed by atoms with E-state index in [0.29, 0.717) is 23.2 Å². The average molecular weight is 325 g/mol. The fourth-order valence-corrected chi connectivity index (χ4v) is 4.17. The molecular weight excluding hydrogens is 306 g/mol. The second-order valence-corrected chi connectivity index (χ2v) is 7.69. The summed E-state index contributed by atoms with van der Waals surface area (Å²) in [5.74, 6) is 0. The number of aryl methyl sites for hydroxylation is 1. The molecule has 5 nitrogen and oxygen atoms in total. The van der Waals surface area contributed by atoms with Crippen molar-refractivity contribution in [2.24, 2.45) is 0 Å². The third-order valence-electron chi connectivity index (χ3n) is 2.83. The quantitative estimate of drug-likeness (QED) is 0.857. The van der Waals surface area contributed by atoms with Gasteiger partial charge in [0.2, 0.25) is 0 Å². The van der Waals surface area contributed by atoms with Crippen molar-refractivity contribution >= 4 is 27.0 Å². The Balaban J connectivity index is 2.19. The number of nitrogens with one attached hydrogen (secondary N) is 2. The van der Waals surface area contributed by atoms with E-state index in [1.54, 1.807) is 23.6 Å². The van der Waals surface area contributed by atoms with Gasteiger partial charge >= 0.3 is 0 Å². The molecule has 0 bridgehead atoms. The largest absolute Gasteiger partial charge is 0.310 e. The van der Waals surface area contributed by atoms with E-state index in [2.05, 4.69) is 15.0 Å². The number of hydrogen-bond acceptors (Lipinski definition) is 5. The van der Waals surface area contributed by atoms with Crippen molar-refractivity contribution in [2.75, 3.05) is 4.72 Å². The fraction of sp³-hybridized carbons (Fsp3) is 0.357. The van der Waals surface area contributed by atoms with E-state index >= 15 is 0 Å². The van der Waals surface area contributed by atoms with Crippen LogP contribution in [-0.4, -0.2) is 19.4 Å². The normalized spacial score (nSPS) is 11.8. The molecule has 0 spiro atoms. The fourth-order valence-electron chi connectivity index (χ4n) is 1.73. The number of aromatic nitrogens is 1. The predicted octanol–water partition coefficient (Wildman–Crippen LogP) is 2.75. The lowest BCUT2D eigenvalue weighted by atomic mass is 10.4. The van der Waals surface area contributed by atoms with Crippen molar-refractivity contribution in [3.05, 3.63) is 40.3 Å². The van der Waals surface area contributed by atoms with Gasteiger partial charge in [-0.3, -0.25) is 9.71 Å². The molecule has 2 aromatic heterocycles. The SMILES string of the molecule is Cc1ccc(NS(=O)(=O)c2ccsc2CNC(C)C)cn1. The Bertz CT molecular complexity index is 691. The van der Waals surface area contributed by atoms with Crippen LogP contribution in [0.25, 0.3) is 0 Å². The maximum Gasteiger partial charge on any atom is 0.263 e. The van der Waals surface area contributed by atoms with E-state index in [0.717, 1.165) is 10.6 Å². The highest BCUT2D eigenvalue weighted by atomic mass is 32.2. The number of hydrogen-bond donors (Lipinski definition) is 2. The Morgan fingerprint density at radius 1 is 1.29 bits per heavy atom. The highest BCUT2D eigenvalue weighted by Gasteiger charge is 2.20. The van der Waals surface area contributed by atoms with Crippen molar-refractivity contribution in [1.82, 2.24) is 10.3 Å². The lowest BCUT2D eigenvalue weighted by Crippen LogP contribution is -2.23. The lowest BCUT2D eigenvalue weighted by Gasteiger charge is -2.11. The Kier molecular flexibility index (Phi) is 4.97. The Hall–Kier alpha value is -1.44. The van der Waals surface area contributed by atoms with Crippen LogP contribution < -0.4 is 10.0 Å². The van der Waals surface area contributed by atoms with E-state index in [4.69, 9.17) is 0 Å². The Labute approximate surface area is 129 Å². The molecular formula is C14H19N3O2S2. The minimum Gasteiger partial charge on any atom is -0.310 e. The van der Waals surface area contributed by atoms with Gasteiger partial charge in [-0.2, -0.15) is 0 Å². The first-order chi connectivity index (χ1) is 9.88. The summed E-state index contributed by atoms with van der Waals surface area (Å²) in [5.41, 5.74) is 1.31. The van der Waals surface area contributed by atoms with Gasteiger partial charge in [0.05, 0.1) is 11.9 Å². The standard InChI is InChI=1S/C14H19N3O2S2/c1-10(2)15-9-13-14(6-7-20-13)21(18,19)17-12-5-4-11(3)16-8-12/h4-8,10,15,17H,9H2,1-3H3. The summed E-state index contributed by atoms with van der Waals surface area (Å²) in [7, 11) is -3.58. The van der Waals surface area contributed by atoms with Gasteiger partial charge in [-0.15, -0.1) is 11.3 Å². The maximum atomic E-state index is 12.5. The van der Waals surface area contributed by atoms with E-state index in [1.165, 1.54) is 17.5 Å². The minimum atomic E-state index is -3.58. The highest BCUT2D eigenvalue weighted by Crippen LogP contribution is 2.24. The number of anilines is 1. The number of pyridine rings is 1. The van der Waals surface area contributed by atoms with Gasteiger partial charge in [0.15, 0.2) is 0 Å². The summed E-state index contributed by atoms with van der Waals surface area (Å²) in [6, 6.07) is 5.41. The maximum absolute atomic E-state index is 12.5. The smallest absolute Gasteiger partial charge is 0.263 e. The zero-order valence-electron chi connectivity index (χ0n) is 12.3. The van der Waals surface area contributed by atoms with Crippen molar-refractivity contribution in [2.45, 2.75) is 38.3 Å².